The van der Waals surface area contributed by atoms with E-state index in [-0.39, 0.29) is 18.3 Å². The Hall–Kier alpha value is -2.55. The number of nitrogens with zero attached hydrogens (tertiary/aromatic N) is 2. The van der Waals surface area contributed by atoms with E-state index < -0.39 is 5.91 Å². The second-order valence-corrected chi connectivity index (χ2v) is 5.63. The fraction of sp³-hybridized carbons (Fsp3) is 0.333. The highest BCUT2D eigenvalue weighted by Gasteiger charge is 2.10. The number of nitrogens with one attached hydrogen (secondary N) is 2. The lowest BCUT2D eigenvalue weighted by molar-refractivity contribution is -0.128. The van der Waals surface area contributed by atoms with Crippen molar-refractivity contribution in [2.45, 2.75) is 25.0 Å². The van der Waals surface area contributed by atoms with Gasteiger partial charge in [0.15, 0.2) is 6.61 Å². The van der Waals surface area contributed by atoms with E-state index in [0.29, 0.717) is 23.3 Å². The summed E-state index contributed by atoms with van der Waals surface area (Å²) in [6, 6.07) is 8.92. The molecular weight excluding hydrogens is 332 g/mol. The van der Waals surface area contributed by atoms with Crippen molar-refractivity contribution in [3.8, 4) is 5.75 Å². The second-order valence-electron chi connectivity index (χ2n) is 4.70. The van der Waals surface area contributed by atoms with Crippen LogP contribution in [0.2, 0.25) is 0 Å². The number of amides is 2. The fourth-order valence-corrected chi connectivity index (χ4v) is 2.20. The van der Waals surface area contributed by atoms with Crippen LogP contribution in [0.25, 0.3) is 0 Å². The fourth-order valence-electron chi connectivity index (χ4n) is 1.62. The first-order chi connectivity index (χ1) is 11.7. The summed E-state index contributed by atoms with van der Waals surface area (Å²) in [7, 11) is 0. The van der Waals surface area contributed by atoms with Crippen molar-refractivity contribution in [1.82, 2.24) is 21.0 Å². The van der Waals surface area contributed by atoms with Crippen LogP contribution in [0.15, 0.2) is 40.0 Å². The molecule has 0 radical (unpaired) electrons. The Labute approximate surface area is 143 Å². The molecule has 0 spiro atoms. The van der Waals surface area contributed by atoms with Crippen molar-refractivity contribution < 1.29 is 18.7 Å². The maximum Gasteiger partial charge on any atom is 0.277 e. The number of hydrogen-bond acceptors (Lipinski definition) is 7. The van der Waals surface area contributed by atoms with Gasteiger partial charge in [0, 0.05) is 6.42 Å². The average Bonchev–Trinajstić information content (AvgIpc) is 3.05. The molecule has 1 aromatic carbocycles. The second kappa shape index (κ2) is 9.56. The summed E-state index contributed by atoms with van der Waals surface area (Å²) in [4.78, 5) is 23.2. The quantitative estimate of drug-likeness (QED) is 0.546. The van der Waals surface area contributed by atoms with E-state index in [1.54, 1.807) is 24.3 Å². The normalized spacial score (nSPS) is 10.2. The minimum absolute atomic E-state index is 0.0492. The molecule has 0 saturated heterocycles. The predicted molar refractivity (Wildman–Crippen MR) is 87.2 cm³/mol. The lowest BCUT2D eigenvalue weighted by atomic mass is 10.3. The van der Waals surface area contributed by atoms with E-state index in [0.717, 1.165) is 18.2 Å². The molecule has 0 atom stereocenters. The Balaban J connectivity index is 1.62. The van der Waals surface area contributed by atoms with E-state index in [1.165, 1.54) is 0 Å². The van der Waals surface area contributed by atoms with Crippen LogP contribution in [-0.2, 0) is 16.0 Å². The summed E-state index contributed by atoms with van der Waals surface area (Å²) in [5.41, 5.74) is 4.56. The molecular formula is C15H18N4O4S. The molecule has 1 heterocycles. The minimum Gasteiger partial charge on any atom is -0.484 e. The van der Waals surface area contributed by atoms with Crippen molar-refractivity contribution in [3.63, 3.8) is 0 Å². The summed E-state index contributed by atoms with van der Waals surface area (Å²) >= 11 is 1.10. The zero-order valence-electron chi connectivity index (χ0n) is 13.2. The molecule has 2 aromatic rings. The van der Waals surface area contributed by atoms with Gasteiger partial charge in [0.25, 0.3) is 11.1 Å². The standard InChI is InChI=1S/C15H18N4O4S/c1-2-6-14-18-19-15(23-14)24-10-13(21)17-16-12(20)9-22-11-7-4-3-5-8-11/h3-5,7-8H,2,6,9-10H2,1H3,(H,16,20)(H,17,21). The van der Waals surface area contributed by atoms with Crippen LogP contribution >= 0.6 is 11.8 Å². The number of hydrogen-bond donors (Lipinski definition) is 2. The van der Waals surface area contributed by atoms with Crippen molar-refractivity contribution >= 4 is 23.6 Å². The summed E-state index contributed by atoms with van der Waals surface area (Å²) in [5, 5.41) is 8.01. The number of rotatable bonds is 8. The van der Waals surface area contributed by atoms with Crippen LogP contribution < -0.4 is 15.6 Å². The van der Waals surface area contributed by atoms with Gasteiger partial charge in [-0.3, -0.25) is 20.4 Å². The number of aromatic nitrogens is 2. The maximum atomic E-state index is 11.7. The topological polar surface area (TPSA) is 106 Å². The number of aryl methyl sites for hydroxylation is 1. The highest BCUT2D eigenvalue weighted by molar-refractivity contribution is 7.99. The smallest absolute Gasteiger partial charge is 0.277 e. The summed E-state index contributed by atoms with van der Waals surface area (Å²) in [6.07, 6.45) is 1.61. The van der Waals surface area contributed by atoms with Crippen LogP contribution in [0.4, 0.5) is 0 Å². The van der Waals surface area contributed by atoms with Gasteiger partial charge in [-0.25, -0.2) is 0 Å². The molecule has 2 N–H and O–H groups in total. The van der Waals surface area contributed by atoms with Crippen LogP contribution in [0.1, 0.15) is 19.2 Å². The van der Waals surface area contributed by atoms with Gasteiger partial charge in [-0.05, 0) is 18.6 Å². The monoisotopic (exact) mass is 350 g/mol. The van der Waals surface area contributed by atoms with Gasteiger partial charge in [-0.15, -0.1) is 10.2 Å². The molecule has 0 aliphatic heterocycles. The Morgan fingerprint density at radius 3 is 2.67 bits per heavy atom. The largest absolute Gasteiger partial charge is 0.484 e. The highest BCUT2D eigenvalue weighted by Crippen LogP contribution is 2.16. The van der Waals surface area contributed by atoms with Crippen molar-refractivity contribution in [2.24, 2.45) is 0 Å². The molecule has 9 heteroatoms. The SMILES string of the molecule is CCCc1nnc(SCC(=O)NNC(=O)COc2ccccc2)o1. The van der Waals surface area contributed by atoms with E-state index in [9.17, 15) is 9.59 Å². The summed E-state index contributed by atoms with van der Waals surface area (Å²) in [5.74, 6) is 0.331. The molecule has 8 nitrogen and oxygen atoms in total. The third-order valence-corrected chi connectivity index (χ3v) is 3.51. The van der Waals surface area contributed by atoms with Crippen LogP contribution in [0, 0.1) is 0 Å². The van der Waals surface area contributed by atoms with E-state index in [2.05, 4.69) is 21.0 Å². The van der Waals surface area contributed by atoms with Gasteiger partial charge in [-0.1, -0.05) is 36.9 Å². The van der Waals surface area contributed by atoms with E-state index in [1.807, 2.05) is 13.0 Å². The molecule has 0 aliphatic rings. The van der Waals surface area contributed by atoms with Gasteiger partial charge < -0.3 is 9.15 Å². The number of benzene rings is 1. The zero-order valence-corrected chi connectivity index (χ0v) is 14.0. The van der Waals surface area contributed by atoms with Gasteiger partial charge in [-0.2, -0.15) is 0 Å². The molecule has 0 fully saturated rings. The van der Waals surface area contributed by atoms with Crippen LogP contribution in [0.3, 0.4) is 0 Å². The number of carbonyl (C=O) groups excluding carboxylic acids is 2. The molecule has 24 heavy (non-hydrogen) atoms. The number of ether oxygens (including phenoxy) is 1. The first-order valence-electron chi connectivity index (χ1n) is 7.38. The molecule has 0 saturated carbocycles. The van der Waals surface area contributed by atoms with Crippen molar-refractivity contribution in [2.75, 3.05) is 12.4 Å². The van der Waals surface area contributed by atoms with Crippen molar-refractivity contribution in [3.05, 3.63) is 36.2 Å². The van der Waals surface area contributed by atoms with Gasteiger partial charge in [0.2, 0.25) is 11.8 Å². The first-order valence-corrected chi connectivity index (χ1v) is 8.36. The van der Waals surface area contributed by atoms with E-state index in [4.69, 9.17) is 9.15 Å². The lowest BCUT2D eigenvalue weighted by Gasteiger charge is -2.08. The maximum absolute atomic E-state index is 11.7. The molecule has 2 amide bonds. The van der Waals surface area contributed by atoms with Gasteiger partial charge in [0.05, 0.1) is 5.75 Å². The van der Waals surface area contributed by atoms with E-state index >= 15 is 0 Å². The number of carbonyl (C=O) groups is 2. The molecule has 0 bridgehead atoms. The summed E-state index contributed by atoms with van der Waals surface area (Å²) in [6.45, 7) is 1.82. The summed E-state index contributed by atoms with van der Waals surface area (Å²) < 4.78 is 10.6. The van der Waals surface area contributed by atoms with Crippen LogP contribution in [-0.4, -0.2) is 34.4 Å². The highest BCUT2D eigenvalue weighted by atomic mass is 32.2. The average molecular weight is 350 g/mol. The first kappa shape index (κ1) is 17.8. The Morgan fingerprint density at radius 2 is 1.92 bits per heavy atom. The van der Waals surface area contributed by atoms with Gasteiger partial charge >= 0.3 is 0 Å². The zero-order chi connectivity index (χ0) is 17.2. The number of para-hydroxylation sites is 1. The molecule has 128 valence electrons. The van der Waals surface area contributed by atoms with Crippen LogP contribution in [0.5, 0.6) is 5.75 Å². The Bertz CT molecular complexity index is 663. The third kappa shape index (κ3) is 6.29. The molecule has 0 unspecified atom stereocenters. The predicted octanol–water partition coefficient (Wildman–Crippen LogP) is 1.34. The minimum atomic E-state index is -0.458. The Kier molecular flexibility index (Phi) is 7.09. The molecule has 2 rings (SSSR count). The molecule has 1 aromatic heterocycles. The number of hydrazine groups is 1. The molecule has 0 aliphatic carbocycles. The van der Waals surface area contributed by atoms with Crippen molar-refractivity contribution in [1.29, 1.82) is 0 Å². The Morgan fingerprint density at radius 1 is 1.17 bits per heavy atom. The number of thioether (sulfide) groups is 1. The third-order valence-electron chi connectivity index (χ3n) is 2.69. The lowest BCUT2D eigenvalue weighted by Crippen LogP contribution is -2.44. The van der Waals surface area contributed by atoms with Gasteiger partial charge in [0.1, 0.15) is 5.75 Å².